The van der Waals surface area contributed by atoms with Crippen LogP contribution >= 0.6 is 0 Å². The molecule has 0 fully saturated rings. The fourth-order valence-corrected chi connectivity index (χ4v) is 4.42. The molecular weight excluding hydrogens is 411 g/mol. The van der Waals surface area contributed by atoms with Crippen molar-refractivity contribution in [1.29, 1.82) is 0 Å². The first-order valence-electron chi connectivity index (χ1n) is 10.5. The number of hydrogen-bond donors (Lipinski definition) is 2. The van der Waals surface area contributed by atoms with Crippen molar-refractivity contribution in [2.75, 3.05) is 19.5 Å². The fraction of sp³-hybridized carbons (Fsp3) is 0.280. The number of ether oxygens (including phenoxy) is 2. The van der Waals surface area contributed by atoms with Crippen LogP contribution in [0.2, 0.25) is 0 Å². The van der Waals surface area contributed by atoms with Gasteiger partial charge >= 0.3 is 0 Å². The number of amides is 1. The SMILES string of the molecule is COc1ccc(C2C(C(=O)Nc3cccc(F)c3)=C(C)NC3=C2C(=O)CCC3)c(OC)c1. The second-order valence-electron chi connectivity index (χ2n) is 7.84. The van der Waals surface area contributed by atoms with Crippen molar-refractivity contribution in [2.45, 2.75) is 32.1 Å². The molecule has 1 amide bonds. The summed E-state index contributed by atoms with van der Waals surface area (Å²) in [6.45, 7) is 1.81. The summed E-state index contributed by atoms with van der Waals surface area (Å²) in [7, 11) is 3.10. The average Bonchev–Trinajstić information content (AvgIpc) is 2.77. The first-order valence-corrected chi connectivity index (χ1v) is 10.5. The third kappa shape index (κ3) is 3.98. The molecule has 0 saturated heterocycles. The van der Waals surface area contributed by atoms with Gasteiger partial charge in [-0.05, 0) is 44.0 Å². The third-order valence-corrected chi connectivity index (χ3v) is 5.85. The Morgan fingerprint density at radius 3 is 2.66 bits per heavy atom. The molecule has 2 N–H and O–H groups in total. The number of benzene rings is 2. The molecule has 1 aliphatic carbocycles. The molecule has 0 radical (unpaired) electrons. The molecule has 0 saturated carbocycles. The van der Waals surface area contributed by atoms with Crippen molar-refractivity contribution in [1.82, 2.24) is 5.32 Å². The van der Waals surface area contributed by atoms with Gasteiger partial charge in [-0.1, -0.05) is 12.1 Å². The van der Waals surface area contributed by atoms with Gasteiger partial charge in [0.05, 0.1) is 20.1 Å². The quantitative estimate of drug-likeness (QED) is 0.724. The van der Waals surface area contributed by atoms with Gasteiger partial charge in [0, 0.05) is 46.3 Å². The normalized spacial score (nSPS) is 18.1. The Kier molecular flexibility index (Phi) is 5.99. The van der Waals surface area contributed by atoms with Crippen molar-refractivity contribution < 1.29 is 23.5 Å². The lowest BCUT2D eigenvalue weighted by molar-refractivity contribution is -0.116. The lowest BCUT2D eigenvalue weighted by atomic mass is 9.74. The predicted octanol–water partition coefficient (Wildman–Crippen LogP) is 4.45. The monoisotopic (exact) mass is 436 g/mol. The van der Waals surface area contributed by atoms with Gasteiger partial charge < -0.3 is 20.1 Å². The van der Waals surface area contributed by atoms with Crippen LogP contribution in [0.3, 0.4) is 0 Å². The van der Waals surface area contributed by atoms with E-state index in [9.17, 15) is 14.0 Å². The van der Waals surface area contributed by atoms with E-state index < -0.39 is 17.6 Å². The number of carbonyl (C=O) groups is 2. The zero-order valence-electron chi connectivity index (χ0n) is 18.3. The first-order chi connectivity index (χ1) is 15.4. The topological polar surface area (TPSA) is 76.7 Å². The fourth-order valence-electron chi connectivity index (χ4n) is 4.42. The average molecular weight is 436 g/mol. The highest BCUT2D eigenvalue weighted by atomic mass is 19.1. The number of nitrogens with one attached hydrogen (secondary N) is 2. The number of dihydropyridines is 1. The number of anilines is 1. The number of allylic oxidation sites excluding steroid dienone is 3. The Hall–Kier alpha value is -3.61. The molecule has 2 aromatic rings. The van der Waals surface area contributed by atoms with E-state index >= 15 is 0 Å². The van der Waals surface area contributed by atoms with Gasteiger partial charge in [0.2, 0.25) is 0 Å². The number of Topliss-reactive ketones (excluding diaryl/α,β-unsaturated/α-hetero) is 1. The van der Waals surface area contributed by atoms with Gasteiger partial charge in [-0.25, -0.2) is 4.39 Å². The highest BCUT2D eigenvalue weighted by Crippen LogP contribution is 2.45. The Bertz CT molecular complexity index is 1150. The molecular formula is C25H25FN2O4. The van der Waals surface area contributed by atoms with Crippen LogP contribution in [0.15, 0.2) is 65.0 Å². The van der Waals surface area contributed by atoms with E-state index in [-0.39, 0.29) is 5.78 Å². The highest BCUT2D eigenvalue weighted by molar-refractivity contribution is 6.09. The smallest absolute Gasteiger partial charge is 0.254 e. The molecule has 2 aromatic carbocycles. The van der Waals surface area contributed by atoms with Gasteiger partial charge in [0.15, 0.2) is 5.78 Å². The number of hydrogen-bond acceptors (Lipinski definition) is 5. The first kappa shape index (κ1) is 21.6. The Morgan fingerprint density at radius 2 is 1.94 bits per heavy atom. The Labute approximate surface area is 186 Å². The van der Waals surface area contributed by atoms with Gasteiger partial charge in [0.25, 0.3) is 5.91 Å². The van der Waals surface area contributed by atoms with Gasteiger partial charge in [-0.2, -0.15) is 0 Å². The maximum Gasteiger partial charge on any atom is 0.254 e. The number of ketones is 1. The number of carbonyl (C=O) groups excluding carboxylic acids is 2. The summed E-state index contributed by atoms with van der Waals surface area (Å²) in [4.78, 5) is 26.5. The van der Waals surface area contributed by atoms with E-state index in [2.05, 4.69) is 10.6 Å². The minimum absolute atomic E-state index is 0.00479. The maximum atomic E-state index is 13.7. The van der Waals surface area contributed by atoms with Crippen LogP contribution < -0.4 is 20.1 Å². The molecule has 1 unspecified atom stereocenters. The number of methoxy groups -OCH3 is 2. The molecule has 1 atom stereocenters. The Balaban J connectivity index is 1.84. The molecule has 0 spiro atoms. The van der Waals surface area contributed by atoms with Crippen LogP contribution in [0.5, 0.6) is 11.5 Å². The summed E-state index contributed by atoms with van der Waals surface area (Å²) in [6, 6.07) is 11.1. The summed E-state index contributed by atoms with van der Waals surface area (Å²) in [5.41, 5.74) is 3.49. The van der Waals surface area contributed by atoms with Crippen molar-refractivity contribution in [2.24, 2.45) is 0 Å². The second-order valence-corrected chi connectivity index (χ2v) is 7.84. The standard InChI is InChI=1S/C25H25FN2O4/c1-14-22(25(30)28-16-7-4-6-15(26)12-16)23(24-19(27-14)8-5-9-20(24)29)18-11-10-17(31-2)13-21(18)32-3/h4,6-7,10-13,23,27H,5,8-9H2,1-3H3,(H,28,30). The van der Waals surface area contributed by atoms with E-state index in [4.69, 9.17) is 9.47 Å². The minimum atomic E-state index is -0.617. The lowest BCUT2D eigenvalue weighted by Gasteiger charge is -2.35. The Morgan fingerprint density at radius 1 is 1.12 bits per heavy atom. The van der Waals surface area contributed by atoms with Crippen molar-refractivity contribution in [3.63, 3.8) is 0 Å². The summed E-state index contributed by atoms with van der Waals surface area (Å²) in [6.07, 6.45) is 1.91. The van der Waals surface area contributed by atoms with Gasteiger partial charge in [-0.15, -0.1) is 0 Å². The highest BCUT2D eigenvalue weighted by Gasteiger charge is 2.39. The van der Waals surface area contributed by atoms with Crippen molar-refractivity contribution in [3.05, 3.63) is 76.4 Å². The minimum Gasteiger partial charge on any atom is -0.497 e. The number of halogens is 1. The summed E-state index contributed by atoms with van der Waals surface area (Å²) in [5, 5.41) is 6.05. The molecule has 0 aromatic heterocycles. The zero-order chi connectivity index (χ0) is 22.8. The number of rotatable bonds is 5. The van der Waals surface area contributed by atoms with E-state index in [1.807, 2.05) is 13.0 Å². The maximum absolute atomic E-state index is 13.7. The van der Waals surface area contributed by atoms with Crippen LogP contribution in [0, 0.1) is 5.82 Å². The molecule has 6 nitrogen and oxygen atoms in total. The molecule has 1 aliphatic heterocycles. The van der Waals surface area contributed by atoms with E-state index in [0.29, 0.717) is 46.0 Å². The van der Waals surface area contributed by atoms with Crippen LogP contribution in [0.25, 0.3) is 0 Å². The summed E-state index contributed by atoms with van der Waals surface area (Å²) in [5.74, 6) is -0.344. The van der Waals surface area contributed by atoms with E-state index in [0.717, 1.165) is 18.5 Å². The van der Waals surface area contributed by atoms with Crippen LogP contribution in [0.1, 0.15) is 37.7 Å². The van der Waals surface area contributed by atoms with Gasteiger partial charge in [0.1, 0.15) is 17.3 Å². The van der Waals surface area contributed by atoms with E-state index in [1.165, 1.54) is 18.2 Å². The van der Waals surface area contributed by atoms with Crippen LogP contribution in [0.4, 0.5) is 10.1 Å². The molecule has 0 bridgehead atoms. The molecule has 32 heavy (non-hydrogen) atoms. The second kappa shape index (κ2) is 8.86. The molecule has 2 aliphatic rings. The largest absolute Gasteiger partial charge is 0.497 e. The third-order valence-electron chi connectivity index (χ3n) is 5.85. The summed E-state index contributed by atoms with van der Waals surface area (Å²) < 4.78 is 24.6. The molecule has 166 valence electrons. The van der Waals surface area contributed by atoms with Crippen molar-refractivity contribution in [3.8, 4) is 11.5 Å². The van der Waals surface area contributed by atoms with E-state index in [1.54, 1.807) is 32.4 Å². The lowest BCUT2D eigenvalue weighted by Crippen LogP contribution is -2.35. The molecule has 7 heteroatoms. The zero-order valence-corrected chi connectivity index (χ0v) is 18.3. The molecule has 1 heterocycles. The molecule has 4 rings (SSSR count). The predicted molar refractivity (Wildman–Crippen MR) is 119 cm³/mol. The summed E-state index contributed by atoms with van der Waals surface area (Å²) >= 11 is 0. The van der Waals surface area contributed by atoms with Crippen LogP contribution in [-0.4, -0.2) is 25.9 Å². The van der Waals surface area contributed by atoms with Crippen molar-refractivity contribution >= 4 is 17.4 Å². The van der Waals surface area contributed by atoms with Crippen LogP contribution in [-0.2, 0) is 9.59 Å². The van der Waals surface area contributed by atoms with Gasteiger partial charge in [-0.3, -0.25) is 9.59 Å².